The fourth-order valence-electron chi connectivity index (χ4n) is 2.21. The van der Waals surface area contributed by atoms with Crippen LogP contribution in [0.1, 0.15) is 20.3 Å². The number of nitrogens with zero attached hydrogens (tertiary/aromatic N) is 1. The Labute approximate surface area is 107 Å². The molecule has 0 bridgehead atoms. The summed E-state index contributed by atoms with van der Waals surface area (Å²) < 4.78 is 18.9. The Morgan fingerprint density at radius 2 is 2.28 bits per heavy atom. The van der Waals surface area contributed by atoms with Crippen LogP contribution in [0.3, 0.4) is 0 Å². The second-order valence-electron chi connectivity index (χ2n) is 4.61. The van der Waals surface area contributed by atoms with Gasteiger partial charge in [0.1, 0.15) is 5.78 Å². The molecule has 0 saturated carbocycles. The summed E-state index contributed by atoms with van der Waals surface area (Å²) in [4.78, 5) is 13.5. The van der Waals surface area contributed by atoms with E-state index in [2.05, 4.69) is 0 Å². The molecule has 1 aliphatic heterocycles. The van der Waals surface area contributed by atoms with Crippen molar-refractivity contribution in [2.24, 2.45) is 5.92 Å². The lowest BCUT2D eigenvalue weighted by atomic mass is 9.98. The van der Waals surface area contributed by atoms with Gasteiger partial charge in [0.25, 0.3) is 0 Å². The Bertz CT molecular complexity index is 447. The zero-order valence-electron chi connectivity index (χ0n) is 10.8. The summed E-state index contributed by atoms with van der Waals surface area (Å²) in [5, 5.41) is 0. The molecule has 1 heterocycles. The van der Waals surface area contributed by atoms with E-state index >= 15 is 0 Å². The number of halogens is 1. The van der Waals surface area contributed by atoms with E-state index in [9.17, 15) is 9.18 Å². The first-order valence-electron chi connectivity index (χ1n) is 6.31. The summed E-state index contributed by atoms with van der Waals surface area (Å²) in [5.74, 6) is 0.243. The van der Waals surface area contributed by atoms with Gasteiger partial charge in [-0.05, 0) is 19.1 Å². The van der Waals surface area contributed by atoms with Gasteiger partial charge in [0.2, 0.25) is 0 Å². The molecule has 0 N–H and O–H groups in total. The van der Waals surface area contributed by atoms with E-state index in [1.54, 1.807) is 6.07 Å². The molecule has 1 unspecified atom stereocenters. The van der Waals surface area contributed by atoms with Crippen molar-refractivity contribution in [3.05, 3.63) is 24.0 Å². The second-order valence-corrected chi connectivity index (χ2v) is 4.61. The number of ketones is 1. The first kappa shape index (κ1) is 12.9. The Balaban J connectivity index is 2.14. The van der Waals surface area contributed by atoms with Crippen LogP contribution in [0.4, 0.5) is 10.1 Å². The van der Waals surface area contributed by atoms with Crippen molar-refractivity contribution in [2.45, 2.75) is 20.3 Å². The number of Topliss-reactive ketones (excluding diaryl/α,β-unsaturated/α-hetero) is 1. The van der Waals surface area contributed by atoms with Gasteiger partial charge in [-0.15, -0.1) is 0 Å². The Kier molecular flexibility index (Phi) is 3.84. The second kappa shape index (κ2) is 5.38. The third-order valence-electron chi connectivity index (χ3n) is 3.25. The van der Waals surface area contributed by atoms with Gasteiger partial charge in [0.15, 0.2) is 11.6 Å². The predicted molar refractivity (Wildman–Crippen MR) is 68.6 cm³/mol. The summed E-state index contributed by atoms with van der Waals surface area (Å²) >= 11 is 0. The zero-order chi connectivity index (χ0) is 13.1. The third kappa shape index (κ3) is 2.63. The van der Waals surface area contributed by atoms with Crippen molar-refractivity contribution >= 4 is 11.5 Å². The van der Waals surface area contributed by atoms with Crippen molar-refractivity contribution in [2.75, 3.05) is 24.6 Å². The summed E-state index contributed by atoms with van der Waals surface area (Å²) in [7, 11) is 0. The fourth-order valence-corrected chi connectivity index (χ4v) is 2.21. The summed E-state index contributed by atoms with van der Waals surface area (Å²) in [6.45, 7) is 5.51. The topological polar surface area (TPSA) is 29.5 Å². The lowest BCUT2D eigenvalue weighted by Gasteiger charge is -2.32. The first-order chi connectivity index (χ1) is 8.61. The van der Waals surface area contributed by atoms with E-state index in [1.165, 1.54) is 6.07 Å². The van der Waals surface area contributed by atoms with E-state index in [0.717, 1.165) is 5.69 Å². The molecular formula is C14H18FNO2. The molecule has 18 heavy (non-hydrogen) atoms. The van der Waals surface area contributed by atoms with E-state index < -0.39 is 0 Å². The minimum absolute atomic E-state index is 0.0216. The van der Waals surface area contributed by atoms with Crippen LogP contribution >= 0.6 is 0 Å². The average molecular weight is 251 g/mol. The number of rotatable bonds is 3. The SMILES string of the molecule is CCOc1ccc(N2CCC(=O)C(C)C2)cc1F. The van der Waals surface area contributed by atoms with Gasteiger partial charge in [0.05, 0.1) is 6.61 Å². The van der Waals surface area contributed by atoms with Crippen LogP contribution in [0.2, 0.25) is 0 Å². The van der Waals surface area contributed by atoms with Crippen LogP contribution in [-0.2, 0) is 4.79 Å². The number of hydrogen-bond acceptors (Lipinski definition) is 3. The van der Waals surface area contributed by atoms with Crippen molar-refractivity contribution < 1.29 is 13.9 Å². The Morgan fingerprint density at radius 3 is 2.89 bits per heavy atom. The number of ether oxygens (including phenoxy) is 1. The minimum atomic E-state index is -0.348. The monoisotopic (exact) mass is 251 g/mol. The Morgan fingerprint density at radius 1 is 1.50 bits per heavy atom. The largest absolute Gasteiger partial charge is 0.491 e. The van der Waals surface area contributed by atoms with Gasteiger partial charge in [-0.3, -0.25) is 4.79 Å². The molecule has 0 radical (unpaired) electrons. The number of carbonyl (C=O) groups is 1. The van der Waals surface area contributed by atoms with Gasteiger partial charge in [0, 0.05) is 37.2 Å². The third-order valence-corrected chi connectivity index (χ3v) is 3.25. The van der Waals surface area contributed by atoms with Gasteiger partial charge < -0.3 is 9.64 Å². The molecule has 3 nitrogen and oxygen atoms in total. The zero-order valence-corrected chi connectivity index (χ0v) is 10.8. The van der Waals surface area contributed by atoms with Crippen LogP contribution in [0.15, 0.2) is 18.2 Å². The number of benzene rings is 1. The van der Waals surface area contributed by atoms with E-state index in [0.29, 0.717) is 26.1 Å². The van der Waals surface area contributed by atoms with Crippen molar-refractivity contribution in [3.63, 3.8) is 0 Å². The number of anilines is 1. The van der Waals surface area contributed by atoms with Crippen LogP contribution in [0.5, 0.6) is 5.75 Å². The lowest BCUT2D eigenvalue weighted by Crippen LogP contribution is -2.39. The van der Waals surface area contributed by atoms with E-state index in [1.807, 2.05) is 24.8 Å². The van der Waals surface area contributed by atoms with Gasteiger partial charge in [-0.1, -0.05) is 6.92 Å². The molecule has 1 fully saturated rings. The molecule has 1 aromatic rings. The molecular weight excluding hydrogens is 233 g/mol. The molecule has 1 aliphatic rings. The molecule has 98 valence electrons. The number of carbonyl (C=O) groups excluding carboxylic acids is 1. The maximum absolute atomic E-state index is 13.7. The summed E-state index contributed by atoms with van der Waals surface area (Å²) in [6.07, 6.45) is 0.538. The van der Waals surface area contributed by atoms with Crippen molar-refractivity contribution in [1.29, 1.82) is 0 Å². The summed E-state index contributed by atoms with van der Waals surface area (Å²) in [6, 6.07) is 4.97. The summed E-state index contributed by atoms with van der Waals surface area (Å²) in [5.41, 5.74) is 0.815. The smallest absolute Gasteiger partial charge is 0.167 e. The van der Waals surface area contributed by atoms with Gasteiger partial charge >= 0.3 is 0 Å². The average Bonchev–Trinajstić information content (AvgIpc) is 2.35. The molecule has 0 aliphatic carbocycles. The van der Waals surface area contributed by atoms with Crippen LogP contribution in [0.25, 0.3) is 0 Å². The highest BCUT2D eigenvalue weighted by atomic mass is 19.1. The lowest BCUT2D eigenvalue weighted by molar-refractivity contribution is -0.122. The molecule has 0 spiro atoms. The molecule has 1 saturated heterocycles. The van der Waals surface area contributed by atoms with Crippen LogP contribution in [0, 0.1) is 11.7 Å². The molecule has 0 aromatic heterocycles. The molecule has 1 atom stereocenters. The highest BCUT2D eigenvalue weighted by molar-refractivity contribution is 5.83. The minimum Gasteiger partial charge on any atom is -0.491 e. The number of hydrogen-bond donors (Lipinski definition) is 0. The predicted octanol–water partition coefficient (Wildman–Crippen LogP) is 2.64. The molecule has 4 heteroatoms. The van der Waals surface area contributed by atoms with Gasteiger partial charge in [-0.25, -0.2) is 4.39 Å². The van der Waals surface area contributed by atoms with E-state index in [4.69, 9.17) is 4.74 Å². The molecule has 0 amide bonds. The van der Waals surface area contributed by atoms with Crippen LogP contribution in [-0.4, -0.2) is 25.5 Å². The maximum Gasteiger partial charge on any atom is 0.167 e. The molecule has 2 rings (SSSR count). The maximum atomic E-state index is 13.7. The molecule has 1 aromatic carbocycles. The van der Waals surface area contributed by atoms with Crippen molar-refractivity contribution in [3.8, 4) is 5.75 Å². The van der Waals surface area contributed by atoms with E-state index in [-0.39, 0.29) is 23.3 Å². The highest BCUT2D eigenvalue weighted by Crippen LogP contribution is 2.26. The normalized spacial score (nSPS) is 20.1. The fraction of sp³-hybridized carbons (Fsp3) is 0.500. The van der Waals surface area contributed by atoms with Gasteiger partial charge in [-0.2, -0.15) is 0 Å². The number of piperidine rings is 1. The quantitative estimate of drug-likeness (QED) is 0.827. The van der Waals surface area contributed by atoms with Crippen LogP contribution < -0.4 is 9.64 Å². The first-order valence-corrected chi connectivity index (χ1v) is 6.31. The standard InChI is InChI=1S/C14H18FNO2/c1-3-18-14-5-4-11(8-12(14)15)16-7-6-13(17)10(2)9-16/h4-5,8,10H,3,6-7,9H2,1-2H3. The van der Waals surface area contributed by atoms with Crippen molar-refractivity contribution in [1.82, 2.24) is 0 Å². The highest BCUT2D eigenvalue weighted by Gasteiger charge is 2.24. The Hall–Kier alpha value is -1.58.